The first-order chi connectivity index (χ1) is 11.9. The first-order valence-corrected chi connectivity index (χ1v) is 8.58. The van der Waals surface area contributed by atoms with Crippen LogP contribution in [0.1, 0.15) is 41.0 Å². The summed E-state index contributed by atoms with van der Waals surface area (Å²) in [7, 11) is 1.51. The van der Waals surface area contributed by atoms with Gasteiger partial charge in [0.2, 0.25) is 11.8 Å². The fraction of sp³-hybridized carbons (Fsp3) is 0.667. The molecule has 0 atom stereocenters. The molecule has 148 valence electrons. The standard InChI is InChI=1S/C18H31N3O5/c1-8-18(5,6)16(24)19-9-10-21(14(4)22)17(25)20(7)11-12-26-15(23)13(2)3/h2,8-12H2,1,3-7H3,(H,19,24). The van der Waals surface area contributed by atoms with E-state index in [0.29, 0.717) is 6.42 Å². The number of nitrogens with one attached hydrogen (secondary N) is 1. The third-order valence-corrected chi connectivity index (χ3v) is 4.07. The summed E-state index contributed by atoms with van der Waals surface area (Å²) in [5, 5.41) is 2.74. The number of ether oxygens (including phenoxy) is 1. The van der Waals surface area contributed by atoms with Crippen molar-refractivity contribution in [3.05, 3.63) is 12.2 Å². The van der Waals surface area contributed by atoms with Gasteiger partial charge in [0.05, 0.1) is 6.54 Å². The summed E-state index contributed by atoms with van der Waals surface area (Å²) in [6.07, 6.45) is 0.680. The Balaban J connectivity index is 4.57. The van der Waals surface area contributed by atoms with Gasteiger partial charge in [-0.2, -0.15) is 0 Å². The van der Waals surface area contributed by atoms with Crippen molar-refractivity contribution in [1.82, 2.24) is 15.1 Å². The van der Waals surface area contributed by atoms with Crippen LogP contribution in [0.25, 0.3) is 0 Å². The highest BCUT2D eigenvalue weighted by Gasteiger charge is 2.26. The van der Waals surface area contributed by atoms with Crippen molar-refractivity contribution in [2.75, 3.05) is 33.3 Å². The number of urea groups is 1. The van der Waals surface area contributed by atoms with Crippen LogP contribution in [0.2, 0.25) is 0 Å². The van der Waals surface area contributed by atoms with Crippen LogP contribution in [-0.2, 0) is 19.1 Å². The number of nitrogens with zero attached hydrogens (tertiary/aromatic N) is 2. The highest BCUT2D eigenvalue weighted by atomic mass is 16.5. The molecule has 0 spiro atoms. The van der Waals surface area contributed by atoms with E-state index in [1.807, 2.05) is 20.8 Å². The molecule has 0 bridgehead atoms. The third-order valence-electron chi connectivity index (χ3n) is 4.07. The smallest absolute Gasteiger partial charge is 0.333 e. The fourth-order valence-corrected chi connectivity index (χ4v) is 1.77. The molecule has 1 N–H and O–H groups in total. The zero-order chi connectivity index (χ0) is 20.5. The van der Waals surface area contributed by atoms with Crippen LogP contribution in [0.15, 0.2) is 12.2 Å². The molecular weight excluding hydrogens is 338 g/mol. The topological polar surface area (TPSA) is 96.0 Å². The van der Waals surface area contributed by atoms with Gasteiger partial charge in [0.1, 0.15) is 6.61 Å². The molecule has 0 aromatic heterocycles. The summed E-state index contributed by atoms with van der Waals surface area (Å²) >= 11 is 0. The van der Waals surface area contributed by atoms with Crippen molar-refractivity contribution in [1.29, 1.82) is 0 Å². The predicted octanol–water partition coefficient (Wildman–Crippen LogP) is 1.56. The quantitative estimate of drug-likeness (QED) is 0.491. The van der Waals surface area contributed by atoms with Gasteiger partial charge in [-0.25, -0.2) is 9.59 Å². The Kier molecular flexibility index (Phi) is 9.61. The lowest BCUT2D eigenvalue weighted by molar-refractivity contribution is -0.139. The van der Waals surface area contributed by atoms with E-state index in [4.69, 9.17) is 4.74 Å². The molecule has 0 aliphatic heterocycles. The Hall–Kier alpha value is -2.38. The number of carbonyl (C=O) groups is 4. The minimum absolute atomic E-state index is 0.00109. The zero-order valence-corrected chi connectivity index (χ0v) is 16.7. The van der Waals surface area contributed by atoms with Crippen molar-refractivity contribution in [3.8, 4) is 0 Å². The molecule has 0 radical (unpaired) electrons. The van der Waals surface area contributed by atoms with Crippen LogP contribution in [0.3, 0.4) is 0 Å². The number of amides is 4. The normalized spacial score (nSPS) is 10.7. The lowest BCUT2D eigenvalue weighted by atomic mass is 9.89. The zero-order valence-electron chi connectivity index (χ0n) is 16.7. The van der Waals surface area contributed by atoms with Gasteiger partial charge >= 0.3 is 12.0 Å². The number of rotatable bonds is 9. The maximum Gasteiger partial charge on any atom is 0.333 e. The first-order valence-electron chi connectivity index (χ1n) is 8.58. The van der Waals surface area contributed by atoms with E-state index >= 15 is 0 Å². The van der Waals surface area contributed by atoms with E-state index in [0.717, 1.165) is 4.90 Å². The SMILES string of the molecule is C=C(C)C(=O)OCCN(C)C(=O)N(CCNC(=O)C(C)(C)CC)C(C)=O. The summed E-state index contributed by atoms with van der Waals surface area (Å²) in [6, 6.07) is -0.520. The molecule has 0 fully saturated rings. The summed E-state index contributed by atoms with van der Waals surface area (Å²) in [5.74, 6) is -1.09. The molecular formula is C18H31N3O5. The first kappa shape index (κ1) is 23.6. The van der Waals surface area contributed by atoms with E-state index in [-0.39, 0.29) is 37.7 Å². The highest BCUT2D eigenvalue weighted by Crippen LogP contribution is 2.19. The van der Waals surface area contributed by atoms with Gasteiger partial charge in [-0.3, -0.25) is 14.5 Å². The summed E-state index contributed by atoms with van der Waals surface area (Å²) in [4.78, 5) is 49.8. The molecule has 0 saturated carbocycles. The van der Waals surface area contributed by atoms with Crippen LogP contribution in [0.5, 0.6) is 0 Å². The van der Waals surface area contributed by atoms with Crippen LogP contribution in [0, 0.1) is 5.41 Å². The van der Waals surface area contributed by atoms with Crippen molar-refractivity contribution >= 4 is 23.8 Å². The van der Waals surface area contributed by atoms with Crippen LogP contribution >= 0.6 is 0 Å². The van der Waals surface area contributed by atoms with Gasteiger partial charge in [0.25, 0.3) is 0 Å². The minimum Gasteiger partial charge on any atom is -0.460 e. The molecule has 26 heavy (non-hydrogen) atoms. The van der Waals surface area contributed by atoms with Gasteiger partial charge in [0.15, 0.2) is 0 Å². The summed E-state index contributed by atoms with van der Waals surface area (Å²) in [6.45, 7) is 12.2. The maximum atomic E-state index is 12.4. The molecule has 0 aliphatic carbocycles. The average molecular weight is 369 g/mol. The largest absolute Gasteiger partial charge is 0.460 e. The van der Waals surface area contributed by atoms with E-state index in [2.05, 4.69) is 11.9 Å². The molecule has 0 heterocycles. The van der Waals surface area contributed by atoms with Crippen LogP contribution in [-0.4, -0.2) is 66.9 Å². The second kappa shape index (κ2) is 10.6. The Morgan fingerprint density at radius 2 is 1.69 bits per heavy atom. The second-order valence-electron chi connectivity index (χ2n) is 6.78. The molecule has 8 heteroatoms. The van der Waals surface area contributed by atoms with E-state index in [1.165, 1.54) is 25.8 Å². The number of hydrogen-bond acceptors (Lipinski definition) is 5. The van der Waals surface area contributed by atoms with Gasteiger partial charge in [-0.15, -0.1) is 0 Å². The van der Waals surface area contributed by atoms with Crippen LogP contribution in [0.4, 0.5) is 4.79 Å². The molecule has 0 aromatic rings. The summed E-state index contributed by atoms with van der Waals surface area (Å²) in [5.41, 5.74) is -0.232. The van der Waals surface area contributed by atoms with Crippen LogP contribution < -0.4 is 5.32 Å². The van der Waals surface area contributed by atoms with Crippen molar-refractivity contribution in [3.63, 3.8) is 0 Å². The number of esters is 1. The van der Waals surface area contributed by atoms with Crippen molar-refractivity contribution in [2.45, 2.75) is 41.0 Å². The average Bonchev–Trinajstić information content (AvgIpc) is 2.56. The molecule has 0 aliphatic rings. The Bertz CT molecular complexity index is 557. The molecule has 8 nitrogen and oxygen atoms in total. The number of likely N-dealkylation sites (N-methyl/N-ethyl adjacent to an activating group) is 1. The number of carbonyl (C=O) groups excluding carboxylic acids is 4. The predicted molar refractivity (Wildman–Crippen MR) is 98.3 cm³/mol. The lowest BCUT2D eigenvalue weighted by Gasteiger charge is -2.27. The lowest BCUT2D eigenvalue weighted by Crippen LogP contribution is -2.48. The number of imide groups is 1. The van der Waals surface area contributed by atoms with Gasteiger partial charge in [-0.05, 0) is 13.3 Å². The van der Waals surface area contributed by atoms with Crippen molar-refractivity contribution < 1.29 is 23.9 Å². The molecule has 0 unspecified atom stereocenters. The van der Waals surface area contributed by atoms with E-state index in [9.17, 15) is 19.2 Å². The molecule has 4 amide bonds. The Morgan fingerprint density at radius 3 is 2.15 bits per heavy atom. The molecule has 0 aromatic carbocycles. The van der Waals surface area contributed by atoms with E-state index < -0.39 is 23.3 Å². The summed E-state index contributed by atoms with van der Waals surface area (Å²) < 4.78 is 4.93. The van der Waals surface area contributed by atoms with Gasteiger partial charge in [0, 0.05) is 38.0 Å². The molecule has 0 saturated heterocycles. The maximum absolute atomic E-state index is 12.4. The highest BCUT2D eigenvalue weighted by molar-refractivity contribution is 5.93. The van der Waals surface area contributed by atoms with Gasteiger partial charge < -0.3 is 15.0 Å². The molecule has 0 rings (SSSR count). The minimum atomic E-state index is -0.532. The van der Waals surface area contributed by atoms with Gasteiger partial charge in [-0.1, -0.05) is 27.4 Å². The number of hydrogen-bond donors (Lipinski definition) is 1. The fourth-order valence-electron chi connectivity index (χ4n) is 1.77. The monoisotopic (exact) mass is 369 g/mol. The van der Waals surface area contributed by atoms with Crippen molar-refractivity contribution in [2.24, 2.45) is 5.41 Å². The Labute approximate surface area is 155 Å². The van der Waals surface area contributed by atoms with E-state index in [1.54, 1.807) is 0 Å². The second-order valence-corrected chi connectivity index (χ2v) is 6.78. The Morgan fingerprint density at radius 1 is 1.12 bits per heavy atom. The third kappa shape index (κ3) is 7.67.